The first-order valence-corrected chi connectivity index (χ1v) is 8.59. The largest absolute Gasteiger partial charge is 0.493 e. The van der Waals surface area contributed by atoms with E-state index in [4.69, 9.17) is 0 Å². The maximum Gasteiger partial charge on any atom is 0.268 e. The number of anilines is 1. The van der Waals surface area contributed by atoms with E-state index in [0.29, 0.717) is 11.5 Å². The van der Waals surface area contributed by atoms with Gasteiger partial charge in [-0.05, 0) is 24.3 Å². The van der Waals surface area contributed by atoms with Crippen molar-refractivity contribution in [3.05, 3.63) is 46.5 Å². The normalized spacial score (nSPS) is 10.9. The highest BCUT2D eigenvalue weighted by Crippen LogP contribution is 2.22. The third-order valence-corrected chi connectivity index (χ3v) is 4.17. The van der Waals surface area contributed by atoms with E-state index in [9.17, 15) is 14.7 Å². The van der Waals surface area contributed by atoms with Crippen molar-refractivity contribution in [3.63, 3.8) is 0 Å². The maximum atomic E-state index is 12.3. The topological polar surface area (TPSA) is 137 Å². The summed E-state index contributed by atoms with van der Waals surface area (Å²) in [5, 5.41) is 19.5. The second-order valence-electron chi connectivity index (χ2n) is 5.60. The van der Waals surface area contributed by atoms with Gasteiger partial charge in [-0.2, -0.15) is 10.1 Å². The van der Waals surface area contributed by atoms with Gasteiger partial charge in [0.15, 0.2) is 16.5 Å². The van der Waals surface area contributed by atoms with Gasteiger partial charge in [0.05, 0.1) is 0 Å². The molecule has 0 aliphatic rings. The van der Waals surface area contributed by atoms with Crippen LogP contribution in [0.1, 0.15) is 24.2 Å². The van der Waals surface area contributed by atoms with Crippen molar-refractivity contribution in [2.24, 2.45) is 0 Å². The number of H-pyrrole nitrogens is 2. The summed E-state index contributed by atoms with van der Waals surface area (Å²) in [7, 11) is 0. The molecule has 0 saturated heterocycles. The van der Waals surface area contributed by atoms with Crippen molar-refractivity contribution < 1.29 is 9.90 Å². The average Bonchev–Trinajstić information content (AvgIpc) is 3.08. The molecule has 0 aliphatic heterocycles. The van der Waals surface area contributed by atoms with Gasteiger partial charge >= 0.3 is 0 Å². The number of aromatic amines is 2. The fraction of sp³-hybridized carbons (Fsp3) is 0.188. The lowest BCUT2D eigenvalue weighted by molar-refractivity contribution is 0.102. The second kappa shape index (κ2) is 7.40. The third-order valence-electron chi connectivity index (χ3n) is 3.28. The Hall–Kier alpha value is -3.14. The van der Waals surface area contributed by atoms with Gasteiger partial charge in [-0.3, -0.25) is 14.7 Å². The monoisotopic (exact) mass is 372 g/mol. The number of benzene rings is 1. The number of aromatic hydroxyl groups is 1. The van der Waals surface area contributed by atoms with Crippen LogP contribution in [0.5, 0.6) is 5.88 Å². The molecule has 1 aromatic carbocycles. The van der Waals surface area contributed by atoms with Crippen molar-refractivity contribution in [1.29, 1.82) is 0 Å². The van der Waals surface area contributed by atoms with Crippen LogP contribution in [0.4, 0.5) is 5.69 Å². The van der Waals surface area contributed by atoms with Crippen LogP contribution >= 0.6 is 11.8 Å². The summed E-state index contributed by atoms with van der Waals surface area (Å²) in [6, 6.07) is 6.77. The number of amides is 1. The molecule has 1 amide bonds. The van der Waals surface area contributed by atoms with E-state index in [1.54, 1.807) is 24.3 Å². The predicted molar refractivity (Wildman–Crippen MR) is 97.3 cm³/mol. The SMILES string of the molecule is CC(C)Sc1nc(O)c(C(=O)Nc2ccc(-c3ncn[nH]3)cc2)c(=O)[nH]1. The van der Waals surface area contributed by atoms with Crippen LogP contribution in [0.2, 0.25) is 0 Å². The van der Waals surface area contributed by atoms with E-state index in [1.165, 1.54) is 18.1 Å². The molecule has 3 aromatic rings. The molecule has 134 valence electrons. The van der Waals surface area contributed by atoms with Gasteiger partial charge in [-0.15, -0.1) is 0 Å². The summed E-state index contributed by atoms with van der Waals surface area (Å²) in [5.74, 6) is -0.753. The smallest absolute Gasteiger partial charge is 0.268 e. The molecule has 10 heteroatoms. The lowest BCUT2D eigenvalue weighted by Crippen LogP contribution is -2.24. The number of thioether (sulfide) groups is 1. The molecular formula is C16H16N6O3S. The standard InChI is InChI=1S/C16H16N6O3S/c1-8(2)26-16-20-14(24)11(15(25)21-16)13(23)19-10-5-3-9(4-6-10)12-17-7-18-22-12/h3-8H,1-2H3,(H,19,23)(H,17,18,22)(H2,20,21,24,25). The van der Waals surface area contributed by atoms with Crippen LogP contribution in [0.15, 0.2) is 40.5 Å². The molecule has 0 saturated carbocycles. The summed E-state index contributed by atoms with van der Waals surface area (Å²) < 4.78 is 0. The van der Waals surface area contributed by atoms with Crippen LogP contribution in [0.25, 0.3) is 11.4 Å². The Bertz CT molecular complexity index is 967. The number of aromatic nitrogens is 5. The Morgan fingerprint density at radius 3 is 2.58 bits per heavy atom. The van der Waals surface area contributed by atoms with Gasteiger partial charge in [0.2, 0.25) is 5.88 Å². The molecule has 2 aromatic heterocycles. The highest BCUT2D eigenvalue weighted by Gasteiger charge is 2.19. The van der Waals surface area contributed by atoms with Gasteiger partial charge in [0, 0.05) is 16.5 Å². The summed E-state index contributed by atoms with van der Waals surface area (Å²) >= 11 is 1.28. The maximum absolute atomic E-state index is 12.3. The Morgan fingerprint density at radius 2 is 2.00 bits per heavy atom. The summed E-state index contributed by atoms with van der Waals surface area (Å²) in [5.41, 5.74) is 0.115. The minimum atomic E-state index is -0.746. The first kappa shape index (κ1) is 17.7. The second-order valence-corrected chi connectivity index (χ2v) is 7.17. The zero-order valence-corrected chi connectivity index (χ0v) is 14.8. The van der Waals surface area contributed by atoms with Crippen molar-refractivity contribution in [1.82, 2.24) is 25.1 Å². The van der Waals surface area contributed by atoms with Crippen molar-refractivity contribution >= 4 is 23.4 Å². The predicted octanol–water partition coefficient (Wildman–Crippen LogP) is 2.01. The fourth-order valence-electron chi connectivity index (χ4n) is 2.17. The number of nitrogens with zero attached hydrogens (tertiary/aromatic N) is 3. The van der Waals surface area contributed by atoms with Crippen molar-refractivity contribution in [2.45, 2.75) is 24.3 Å². The van der Waals surface area contributed by atoms with Crippen LogP contribution in [-0.2, 0) is 0 Å². The number of rotatable bonds is 5. The number of carbonyl (C=O) groups excluding carboxylic acids is 1. The number of hydrogen-bond acceptors (Lipinski definition) is 7. The van der Waals surface area contributed by atoms with E-state index in [0.717, 1.165) is 5.56 Å². The summed E-state index contributed by atoms with van der Waals surface area (Å²) in [6.07, 6.45) is 1.40. The number of carbonyl (C=O) groups is 1. The Labute approximate surface area is 152 Å². The Kier molecular flexibility index (Phi) is 5.03. The molecule has 0 spiro atoms. The number of nitrogens with one attached hydrogen (secondary N) is 3. The highest BCUT2D eigenvalue weighted by molar-refractivity contribution is 7.99. The van der Waals surface area contributed by atoms with Gasteiger partial charge in [-0.1, -0.05) is 25.6 Å². The van der Waals surface area contributed by atoms with Crippen molar-refractivity contribution in [3.8, 4) is 17.3 Å². The average molecular weight is 372 g/mol. The first-order valence-electron chi connectivity index (χ1n) is 7.71. The van der Waals surface area contributed by atoms with E-state index >= 15 is 0 Å². The lowest BCUT2D eigenvalue weighted by atomic mass is 10.2. The molecule has 0 unspecified atom stereocenters. The molecular weight excluding hydrogens is 356 g/mol. The minimum absolute atomic E-state index is 0.167. The Balaban J connectivity index is 1.79. The fourth-order valence-corrected chi connectivity index (χ4v) is 2.91. The van der Waals surface area contributed by atoms with Crippen LogP contribution in [-0.4, -0.2) is 41.4 Å². The van der Waals surface area contributed by atoms with Gasteiger partial charge in [0.1, 0.15) is 6.33 Å². The molecule has 0 radical (unpaired) electrons. The Morgan fingerprint density at radius 1 is 1.27 bits per heavy atom. The minimum Gasteiger partial charge on any atom is -0.493 e. The zero-order chi connectivity index (χ0) is 18.7. The van der Waals surface area contributed by atoms with E-state index in [-0.39, 0.29) is 10.4 Å². The molecule has 2 heterocycles. The molecule has 0 bridgehead atoms. The van der Waals surface area contributed by atoms with Gasteiger partial charge in [0.25, 0.3) is 11.5 Å². The van der Waals surface area contributed by atoms with Gasteiger partial charge in [-0.25, -0.2) is 4.98 Å². The zero-order valence-electron chi connectivity index (χ0n) is 14.0. The molecule has 9 nitrogen and oxygen atoms in total. The van der Waals surface area contributed by atoms with Crippen LogP contribution in [0.3, 0.4) is 0 Å². The third kappa shape index (κ3) is 3.91. The quantitative estimate of drug-likeness (QED) is 0.397. The molecule has 0 aliphatic carbocycles. The van der Waals surface area contributed by atoms with E-state index < -0.39 is 22.9 Å². The summed E-state index contributed by atoms with van der Waals surface area (Å²) in [6.45, 7) is 3.84. The highest BCUT2D eigenvalue weighted by atomic mass is 32.2. The lowest BCUT2D eigenvalue weighted by Gasteiger charge is -2.08. The number of hydrogen-bond donors (Lipinski definition) is 4. The first-order chi connectivity index (χ1) is 12.4. The molecule has 4 N–H and O–H groups in total. The van der Waals surface area contributed by atoms with E-state index in [1.807, 2.05) is 13.8 Å². The molecule has 0 atom stereocenters. The van der Waals surface area contributed by atoms with Crippen molar-refractivity contribution in [2.75, 3.05) is 5.32 Å². The van der Waals surface area contributed by atoms with E-state index in [2.05, 4.69) is 30.5 Å². The summed E-state index contributed by atoms with van der Waals surface area (Å²) in [4.78, 5) is 34.9. The van der Waals surface area contributed by atoms with Crippen LogP contribution in [0, 0.1) is 0 Å². The molecule has 3 rings (SSSR count). The molecule has 26 heavy (non-hydrogen) atoms. The molecule has 0 fully saturated rings. The van der Waals surface area contributed by atoms with Gasteiger partial charge < -0.3 is 15.4 Å². The van der Waals surface area contributed by atoms with Crippen LogP contribution < -0.4 is 10.9 Å².